The maximum atomic E-state index is 11.0. The Labute approximate surface area is 86.0 Å². The van der Waals surface area contributed by atoms with E-state index in [0.717, 1.165) is 0 Å². The maximum absolute atomic E-state index is 11.0. The number of hydrogen-bond acceptors (Lipinski definition) is 4. The highest BCUT2D eigenvalue weighted by molar-refractivity contribution is 6.31. The van der Waals surface area contributed by atoms with Crippen molar-refractivity contribution >= 4 is 18.0 Å². The minimum Gasteiger partial charge on any atom is -0.474 e. The van der Waals surface area contributed by atoms with Crippen LogP contribution in [0.1, 0.15) is 6.42 Å². The SMILES string of the molecule is COC(=O)NC1CCN(C(=O)C(=O)O)C1. The van der Waals surface area contributed by atoms with E-state index in [1.807, 2.05) is 0 Å². The minimum absolute atomic E-state index is 0.209. The van der Waals surface area contributed by atoms with Gasteiger partial charge in [-0.25, -0.2) is 9.59 Å². The lowest BCUT2D eigenvalue weighted by molar-refractivity contribution is -0.155. The summed E-state index contributed by atoms with van der Waals surface area (Å²) in [7, 11) is 1.24. The van der Waals surface area contributed by atoms with Gasteiger partial charge in [-0.2, -0.15) is 0 Å². The molecule has 1 heterocycles. The lowest BCUT2D eigenvalue weighted by atomic mass is 10.3. The summed E-state index contributed by atoms with van der Waals surface area (Å²) in [6, 6.07) is -0.235. The Bertz CT molecular complexity index is 291. The molecule has 7 nitrogen and oxygen atoms in total. The standard InChI is InChI=1S/C8H12N2O5/c1-15-8(14)9-5-2-3-10(4-5)6(11)7(12)13/h5H,2-4H2,1H3,(H,9,14)(H,12,13). The molecule has 0 spiro atoms. The zero-order valence-corrected chi connectivity index (χ0v) is 8.23. The van der Waals surface area contributed by atoms with E-state index in [4.69, 9.17) is 5.11 Å². The second kappa shape index (κ2) is 4.63. The molecular weight excluding hydrogens is 204 g/mol. The number of carbonyl (C=O) groups is 3. The number of methoxy groups -OCH3 is 1. The number of aliphatic carboxylic acids is 1. The van der Waals surface area contributed by atoms with Crippen LogP contribution in [0.25, 0.3) is 0 Å². The maximum Gasteiger partial charge on any atom is 0.407 e. The molecule has 2 amide bonds. The smallest absolute Gasteiger partial charge is 0.407 e. The van der Waals surface area contributed by atoms with E-state index in [9.17, 15) is 14.4 Å². The molecule has 1 rings (SSSR count). The van der Waals surface area contributed by atoms with Crippen molar-refractivity contribution in [3.8, 4) is 0 Å². The molecular formula is C8H12N2O5. The van der Waals surface area contributed by atoms with E-state index in [1.54, 1.807) is 0 Å². The van der Waals surface area contributed by atoms with Crippen molar-refractivity contribution in [3.05, 3.63) is 0 Å². The summed E-state index contributed by atoms with van der Waals surface area (Å²) in [5.41, 5.74) is 0. The fourth-order valence-electron chi connectivity index (χ4n) is 1.42. The first-order chi connectivity index (χ1) is 7.04. The average Bonchev–Trinajstić information content (AvgIpc) is 2.64. The van der Waals surface area contributed by atoms with Gasteiger partial charge in [-0.3, -0.25) is 4.79 Å². The molecule has 1 aliphatic heterocycles. The molecule has 1 saturated heterocycles. The predicted molar refractivity (Wildman–Crippen MR) is 48.2 cm³/mol. The molecule has 0 aliphatic carbocycles. The van der Waals surface area contributed by atoms with Gasteiger partial charge in [0.25, 0.3) is 0 Å². The first-order valence-electron chi connectivity index (χ1n) is 4.41. The highest BCUT2D eigenvalue weighted by atomic mass is 16.5. The van der Waals surface area contributed by atoms with Crippen LogP contribution in [0.15, 0.2) is 0 Å². The third kappa shape index (κ3) is 2.83. The molecule has 0 bridgehead atoms. The monoisotopic (exact) mass is 216 g/mol. The Morgan fingerprint density at radius 1 is 1.47 bits per heavy atom. The fraction of sp³-hybridized carbons (Fsp3) is 0.625. The van der Waals surface area contributed by atoms with E-state index in [0.29, 0.717) is 13.0 Å². The summed E-state index contributed by atoms with van der Waals surface area (Å²) < 4.78 is 4.39. The van der Waals surface area contributed by atoms with Crippen LogP contribution in [-0.4, -0.2) is 54.2 Å². The van der Waals surface area contributed by atoms with Crippen LogP contribution in [0.5, 0.6) is 0 Å². The van der Waals surface area contributed by atoms with Gasteiger partial charge in [-0.05, 0) is 6.42 Å². The molecule has 0 aromatic rings. The Balaban J connectivity index is 2.42. The van der Waals surface area contributed by atoms with Gasteiger partial charge in [0, 0.05) is 13.1 Å². The van der Waals surface area contributed by atoms with Crippen LogP contribution in [0.3, 0.4) is 0 Å². The van der Waals surface area contributed by atoms with Crippen LogP contribution in [0.2, 0.25) is 0 Å². The van der Waals surface area contributed by atoms with Gasteiger partial charge in [-0.15, -0.1) is 0 Å². The number of alkyl carbamates (subject to hydrolysis) is 1. The van der Waals surface area contributed by atoms with Crippen molar-refractivity contribution in [3.63, 3.8) is 0 Å². The largest absolute Gasteiger partial charge is 0.474 e. The van der Waals surface area contributed by atoms with E-state index < -0.39 is 18.0 Å². The Hall–Kier alpha value is -1.79. The molecule has 7 heteroatoms. The van der Waals surface area contributed by atoms with Gasteiger partial charge >= 0.3 is 18.0 Å². The van der Waals surface area contributed by atoms with Crippen molar-refractivity contribution in [2.24, 2.45) is 0 Å². The van der Waals surface area contributed by atoms with Crippen molar-refractivity contribution in [1.82, 2.24) is 10.2 Å². The van der Waals surface area contributed by atoms with E-state index in [1.165, 1.54) is 12.0 Å². The number of carboxylic acid groups (broad SMARTS) is 1. The summed E-state index contributed by atoms with van der Waals surface area (Å²) in [6.07, 6.45) is -0.0432. The second-order valence-electron chi connectivity index (χ2n) is 3.18. The Morgan fingerprint density at radius 2 is 2.13 bits per heavy atom. The van der Waals surface area contributed by atoms with E-state index >= 15 is 0 Å². The van der Waals surface area contributed by atoms with Gasteiger partial charge < -0.3 is 20.1 Å². The number of amides is 2. The van der Waals surface area contributed by atoms with Crippen molar-refractivity contribution < 1.29 is 24.2 Å². The van der Waals surface area contributed by atoms with Crippen LogP contribution in [0.4, 0.5) is 4.79 Å². The van der Waals surface area contributed by atoms with Gasteiger partial charge in [-0.1, -0.05) is 0 Å². The zero-order valence-electron chi connectivity index (χ0n) is 8.23. The van der Waals surface area contributed by atoms with Gasteiger partial charge in [0.05, 0.1) is 13.2 Å². The summed E-state index contributed by atoms with van der Waals surface area (Å²) in [5.74, 6) is -2.42. The Kier molecular flexibility index (Phi) is 3.48. The first-order valence-corrected chi connectivity index (χ1v) is 4.41. The van der Waals surface area contributed by atoms with Crippen LogP contribution in [-0.2, 0) is 14.3 Å². The van der Waals surface area contributed by atoms with Crippen molar-refractivity contribution in [1.29, 1.82) is 0 Å². The lowest BCUT2D eigenvalue weighted by Crippen LogP contribution is -2.40. The predicted octanol–water partition coefficient (Wildman–Crippen LogP) is -0.972. The third-order valence-electron chi connectivity index (χ3n) is 2.17. The van der Waals surface area contributed by atoms with Crippen LogP contribution >= 0.6 is 0 Å². The van der Waals surface area contributed by atoms with Crippen LogP contribution in [0, 0.1) is 0 Å². The van der Waals surface area contributed by atoms with Gasteiger partial charge in [0.15, 0.2) is 0 Å². The summed E-state index contributed by atoms with van der Waals surface area (Å²) in [6.45, 7) is 0.542. The quantitative estimate of drug-likeness (QED) is 0.550. The van der Waals surface area contributed by atoms with Crippen molar-refractivity contribution in [2.75, 3.05) is 20.2 Å². The summed E-state index contributed by atoms with van der Waals surface area (Å²) in [4.78, 5) is 33.4. The summed E-state index contributed by atoms with van der Waals surface area (Å²) in [5, 5.41) is 11.0. The molecule has 1 unspecified atom stereocenters. The minimum atomic E-state index is -1.48. The average molecular weight is 216 g/mol. The normalized spacial score (nSPS) is 19.8. The number of nitrogens with one attached hydrogen (secondary N) is 1. The lowest BCUT2D eigenvalue weighted by Gasteiger charge is -2.14. The number of hydrogen-bond donors (Lipinski definition) is 2. The number of nitrogens with zero attached hydrogens (tertiary/aromatic N) is 1. The second-order valence-corrected chi connectivity index (χ2v) is 3.18. The number of carbonyl (C=O) groups excluding carboxylic acids is 2. The molecule has 0 aromatic heterocycles. The number of rotatable bonds is 1. The van der Waals surface area contributed by atoms with E-state index in [2.05, 4.69) is 10.1 Å². The molecule has 1 fully saturated rings. The number of carboxylic acids is 1. The fourth-order valence-corrected chi connectivity index (χ4v) is 1.42. The van der Waals surface area contributed by atoms with Gasteiger partial charge in [0.1, 0.15) is 0 Å². The zero-order chi connectivity index (χ0) is 11.4. The number of likely N-dealkylation sites (tertiary alicyclic amines) is 1. The molecule has 0 aromatic carbocycles. The molecule has 1 aliphatic rings. The first kappa shape index (κ1) is 11.3. The highest BCUT2D eigenvalue weighted by Crippen LogP contribution is 2.09. The molecule has 84 valence electrons. The van der Waals surface area contributed by atoms with E-state index in [-0.39, 0.29) is 12.6 Å². The molecule has 1 atom stereocenters. The van der Waals surface area contributed by atoms with Crippen molar-refractivity contribution in [2.45, 2.75) is 12.5 Å². The topological polar surface area (TPSA) is 95.9 Å². The molecule has 0 saturated carbocycles. The third-order valence-corrected chi connectivity index (χ3v) is 2.17. The highest BCUT2D eigenvalue weighted by Gasteiger charge is 2.30. The molecule has 0 radical (unpaired) electrons. The number of ether oxygens (including phenoxy) is 1. The molecule has 15 heavy (non-hydrogen) atoms. The summed E-state index contributed by atoms with van der Waals surface area (Å²) >= 11 is 0. The Morgan fingerprint density at radius 3 is 2.67 bits per heavy atom. The van der Waals surface area contributed by atoms with Gasteiger partial charge in [0.2, 0.25) is 0 Å². The molecule has 2 N–H and O–H groups in total. The van der Waals surface area contributed by atoms with Crippen LogP contribution < -0.4 is 5.32 Å².